The third-order valence-electron chi connectivity index (χ3n) is 3.46. The maximum atomic E-state index is 11.8. The van der Waals surface area contributed by atoms with Crippen LogP contribution in [0.5, 0.6) is 0 Å². The van der Waals surface area contributed by atoms with Crippen molar-refractivity contribution in [2.75, 3.05) is 0 Å². The van der Waals surface area contributed by atoms with Crippen LogP contribution in [0, 0.1) is 0 Å². The van der Waals surface area contributed by atoms with E-state index in [2.05, 4.69) is 5.32 Å². The number of ether oxygens (including phenoxy) is 2. The lowest BCUT2D eigenvalue weighted by molar-refractivity contribution is 0.0166. The molecular weight excluding hydrogens is 266 g/mol. The number of carbonyl (C=O) groups excluding carboxylic acids is 1. The molecule has 0 saturated heterocycles. The number of rotatable bonds is 4. The van der Waals surface area contributed by atoms with Gasteiger partial charge in [-0.1, -0.05) is 30.3 Å². The number of nitrogens with one attached hydrogen (secondary N) is 1. The minimum atomic E-state index is -0.469. The molecule has 0 spiro atoms. The molecule has 1 aliphatic rings. The van der Waals surface area contributed by atoms with E-state index >= 15 is 0 Å². The van der Waals surface area contributed by atoms with Gasteiger partial charge in [-0.25, -0.2) is 4.79 Å². The number of benzene rings is 1. The Balaban J connectivity index is 1.81. The highest BCUT2D eigenvalue weighted by molar-refractivity contribution is 5.68. The van der Waals surface area contributed by atoms with E-state index in [0.29, 0.717) is 6.61 Å². The van der Waals surface area contributed by atoms with Crippen molar-refractivity contribution in [2.45, 2.75) is 64.4 Å². The van der Waals surface area contributed by atoms with Gasteiger partial charge in [0.25, 0.3) is 0 Å². The van der Waals surface area contributed by atoms with Gasteiger partial charge in [0.05, 0.1) is 18.8 Å². The highest BCUT2D eigenvalue weighted by atomic mass is 16.6. The average molecular weight is 291 g/mol. The highest BCUT2D eigenvalue weighted by Gasteiger charge is 2.30. The van der Waals surface area contributed by atoms with E-state index in [9.17, 15) is 4.79 Å². The minimum absolute atomic E-state index is 0.0450. The first kappa shape index (κ1) is 15.8. The van der Waals surface area contributed by atoms with Gasteiger partial charge in [0.15, 0.2) is 0 Å². The van der Waals surface area contributed by atoms with Crippen LogP contribution >= 0.6 is 0 Å². The molecule has 0 aromatic heterocycles. The zero-order chi connectivity index (χ0) is 15.3. The maximum Gasteiger partial charge on any atom is 0.407 e. The van der Waals surface area contributed by atoms with Gasteiger partial charge in [0.1, 0.15) is 5.60 Å². The molecule has 4 heteroatoms. The number of hydrogen-bond donors (Lipinski definition) is 1. The third-order valence-corrected chi connectivity index (χ3v) is 3.46. The standard InChI is InChI=1S/C17H25NO3/c1-17(2,3)21-16(19)18-14-10-7-11-15(14)20-12-13-8-5-4-6-9-13/h4-6,8-9,14-15H,7,10-12H2,1-3H3,(H,18,19)/t14-,15-/m0/s1. The molecule has 21 heavy (non-hydrogen) atoms. The normalized spacial score (nSPS) is 22.0. The molecule has 2 atom stereocenters. The second kappa shape index (κ2) is 6.94. The molecule has 1 amide bonds. The van der Waals surface area contributed by atoms with Crippen LogP contribution in [0.4, 0.5) is 4.79 Å². The summed E-state index contributed by atoms with van der Waals surface area (Å²) in [5.41, 5.74) is 0.684. The molecule has 1 aliphatic carbocycles. The van der Waals surface area contributed by atoms with Gasteiger partial charge in [0, 0.05) is 0 Å². The van der Waals surface area contributed by atoms with E-state index in [4.69, 9.17) is 9.47 Å². The maximum absolute atomic E-state index is 11.8. The topological polar surface area (TPSA) is 47.6 Å². The molecule has 0 unspecified atom stereocenters. The van der Waals surface area contributed by atoms with E-state index in [1.165, 1.54) is 0 Å². The second-order valence-corrected chi connectivity index (χ2v) is 6.52. The van der Waals surface area contributed by atoms with Gasteiger partial charge in [-0.15, -0.1) is 0 Å². The SMILES string of the molecule is CC(C)(C)OC(=O)N[C@H]1CCC[C@@H]1OCc1ccccc1. The van der Waals surface area contributed by atoms with Crippen molar-refractivity contribution in [1.29, 1.82) is 0 Å². The Morgan fingerprint density at radius 3 is 2.62 bits per heavy atom. The quantitative estimate of drug-likeness (QED) is 0.921. The first-order valence-corrected chi connectivity index (χ1v) is 7.59. The largest absolute Gasteiger partial charge is 0.444 e. The molecule has 2 rings (SSSR count). The molecular formula is C17H25NO3. The summed E-state index contributed by atoms with van der Waals surface area (Å²) in [7, 11) is 0. The van der Waals surface area contributed by atoms with Crippen molar-refractivity contribution in [1.82, 2.24) is 5.32 Å². The molecule has 0 radical (unpaired) electrons. The molecule has 0 aliphatic heterocycles. The molecule has 4 nitrogen and oxygen atoms in total. The fourth-order valence-electron chi connectivity index (χ4n) is 2.53. The monoisotopic (exact) mass is 291 g/mol. The fraction of sp³-hybridized carbons (Fsp3) is 0.588. The van der Waals surface area contributed by atoms with Crippen LogP contribution in [0.3, 0.4) is 0 Å². The summed E-state index contributed by atoms with van der Waals surface area (Å²) in [6, 6.07) is 10.1. The Bertz CT molecular complexity index is 453. The molecule has 1 saturated carbocycles. The van der Waals surface area contributed by atoms with E-state index in [1.807, 2.05) is 51.1 Å². The van der Waals surface area contributed by atoms with Crippen LogP contribution in [0.2, 0.25) is 0 Å². The van der Waals surface area contributed by atoms with Gasteiger partial charge >= 0.3 is 6.09 Å². The Kier molecular flexibility index (Phi) is 5.23. The fourth-order valence-corrected chi connectivity index (χ4v) is 2.53. The van der Waals surface area contributed by atoms with Gasteiger partial charge in [-0.05, 0) is 45.6 Å². The van der Waals surface area contributed by atoms with Crippen molar-refractivity contribution in [3.63, 3.8) is 0 Å². The van der Waals surface area contributed by atoms with Crippen molar-refractivity contribution in [3.05, 3.63) is 35.9 Å². The molecule has 1 aromatic rings. The highest BCUT2D eigenvalue weighted by Crippen LogP contribution is 2.23. The molecule has 1 fully saturated rings. The van der Waals surface area contributed by atoms with Gasteiger partial charge in [0.2, 0.25) is 0 Å². The number of hydrogen-bond acceptors (Lipinski definition) is 3. The van der Waals surface area contributed by atoms with E-state index in [0.717, 1.165) is 24.8 Å². The zero-order valence-electron chi connectivity index (χ0n) is 13.1. The Labute approximate surface area is 126 Å². The number of carbonyl (C=O) groups is 1. The van der Waals surface area contributed by atoms with Gasteiger partial charge in [-0.2, -0.15) is 0 Å². The van der Waals surface area contributed by atoms with E-state index in [-0.39, 0.29) is 18.2 Å². The first-order chi connectivity index (χ1) is 9.94. The van der Waals surface area contributed by atoms with E-state index in [1.54, 1.807) is 0 Å². The van der Waals surface area contributed by atoms with Gasteiger partial charge in [-0.3, -0.25) is 0 Å². The number of amides is 1. The van der Waals surface area contributed by atoms with Crippen LogP contribution in [-0.4, -0.2) is 23.8 Å². The summed E-state index contributed by atoms with van der Waals surface area (Å²) in [6.07, 6.45) is 2.70. The average Bonchev–Trinajstić information content (AvgIpc) is 2.82. The summed E-state index contributed by atoms with van der Waals surface area (Å²) in [4.78, 5) is 11.8. The Morgan fingerprint density at radius 2 is 1.95 bits per heavy atom. The summed E-state index contributed by atoms with van der Waals surface area (Å²) in [5.74, 6) is 0. The smallest absolute Gasteiger partial charge is 0.407 e. The lowest BCUT2D eigenvalue weighted by Gasteiger charge is -2.25. The third kappa shape index (κ3) is 5.38. The Morgan fingerprint density at radius 1 is 1.24 bits per heavy atom. The Hall–Kier alpha value is -1.55. The van der Waals surface area contributed by atoms with Crippen molar-refractivity contribution in [3.8, 4) is 0 Å². The second-order valence-electron chi connectivity index (χ2n) is 6.52. The molecule has 0 bridgehead atoms. The summed E-state index contributed by atoms with van der Waals surface area (Å²) in [6.45, 7) is 6.18. The number of alkyl carbamates (subject to hydrolysis) is 1. The molecule has 116 valence electrons. The van der Waals surface area contributed by atoms with Crippen LogP contribution in [0.1, 0.15) is 45.6 Å². The predicted octanol–water partition coefficient (Wildman–Crippen LogP) is 3.65. The molecule has 0 heterocycles. The molecule has 1 aromatic carbocycles. The predicted molar refractivity (Wildman–Crippen MR) is 82.0 cm³/mol. The van der Waals surface area contributed by atoms with Crippen molar-refractivity contribution < 1.29 is 14.3 Å². The lowest BCUT2D eigenvalue weighted by atomic mass is 10.2. The van der Waals surface area contributed by atoms with Crippen LogP contribution < -0.4 is 5.32 Å². The van der Waals surface area contributed by atoms with E-state index < -0.39 is 5.60 Å². The van der Waals surface area contributed by atoms with Gasteiger partial charge < -0.3 is 14.8 Å². The zero-order valence-corrected chi connectivity index (χ0v) is 13.1. The van der Waals surface area contributed by atoms with Crippen molar-refractivity contribution in [2.24, 2.45) is 0 Å². The summed E-state index contributed by atoms with van der Waals surface area (Å²) >= 11 is 0. The van der Waals surface area contributed by atoms with Crippen LogP contribution in [0.25, 0.3) is 0 Å². The summed E-state index contributed by atoms with van der Waals surface area (Å²) < 4.78 is 11.3. The first-order valence-electron chi connectivity index (χ1n) is 7.59. The molecule has 1 N–H and O–H groups in total. The minimum Gasteiger partial charge on any atom is -0.444 e. The summed E-state index contributed by atoms with van der Waals surface area (Å²) in [5, 5.41) is 2.94. The van der Waals surface area contributed by atoms with Crippen LogP contribution in [0.15, 0.2) is 30.3 Å². The lowest BCUT2D eigenvalue weighted by Crippen LogP contribution is -2.43. The van der Waals surface area contributed by atoms with Crippen molar-refractivity contribution >= 4 is 6.09 Å². The van der Waals surface area contributed by atoms with Crippen LogP contribution in [-0.2, 0) is 16.1 Å².